The third kappa shape index (κ3) is 5.76. The lowest BCUT2D eigenvalue weighted by Crippen LogP contribution is -2.28. The number of hydrogen-bond donors (Lipinski definition) is 1. The summed E-state index contributed by atoms with van der Waals surface area (Å²) in [5.74, 6) is -1.19. The second kappa shape index (κ2) is 11.5. The lowest BCUT2D eigenvalue weighted by Gasteiger charge is -2.25. The standard InChI is InChI=1S/C29H30FN3O5S/c1-5-24(21-9-7-6-8-10-21)33-26(17-38-18(2)3)32-28(34)27(29(33)35)39(36,37)22-13-11-20(12-14-22)23-15-16-25(30)31-19(23)4/h6-16,18,24,35H,5,17H2,1-4H3/t24-/m0/s1. The Balaban J connectivity index is 1.85. The van der Waals surface area contributed by atoms with Crippen molar-refractivity contribution >= 4 is 9.84 Å². The summed E-state index contributed by atoms with van der Waals surface area (Å²) in [5, 5.41) is 11.4. The summed E-state index contributed by atoms with van der Waals surface area (Å²) in [6, 6.07) is 17.3. The molecule has 2 heterocycles. The summed E-state index contributed by atoms with van der Waals surface area (Å²) in [6.45, 7) is 7.09. The van der Waals surface area contributed by atoms with Crippen LogP contribution in [0.2, 0.25) is 0 Å². The van der Waals surface area contributed by atoms with Gasteiger partial charge in [-0.1, -0.05) is 49.4 Å². The van der Waals surface area contributed by atoms with E-state index in [0.29, 0.717) is 23.2 Å². The number of ether oxygens (including phenoxy) is 1. The van der Waals surface area contributed by atoms with E-state index in [1.165, 1.54) is 22.8 Å². The molecular weight excluding hydrogens is 521 g/mol. The molecule has 0 unspecified atom stereocenters. The minimum Gasteiger partial charge on any atom is -0.493 e. The van der Waals surface area contributed by atoms with E-state index in [1.807, 2.05) is 51.1 Å². The van der Waals surface area contributed by atoms with Crippen LogP contribution in [0.3, 0.4) is 0 Å². The number of nitrogens with zero attached hydrogens (tertiary/aromatic N) is 3. The molecule has 0 aliphatic heterocycles. The second-order valence-corrected chi connectivity index (χ2v) is 11.2. The first-order valence-corrected chi connectivity index (χ1v) is 14.0. The Kier molecular flexibility index (Phi) is 8.27. The molecule has 0 radical (unpaired) electrons. The van der Waals surface area contributed by atoms with E-state index in [1.54, 1.807) is 25.1 Å². The Bertz CT molecular complexity index is 1640. The lowest BCUT2D eigenvalue weighted by molar-refractivity contribution is 0.0571. The molecule has 1 atom stereocenters. The van der Waals surface area contributed by atoms with Crippen LogP contribution < -0.4 is 5.56 Å². The zero-order valence-corrected chi connectivity index (χ0v) is 22.9. The molecule has 204 valence electrons. The lowest BCUT2D eigenvalue weighted by atomic mass is 10.0. The van der Waals surface area contributed by atoms with Crippen LogP contribution in [0.4, 0.5) is 4.39 Å². The van der Waals surface area contributed by atoms with Gasteiger partial charge in [0.2, 0.25) is 21.7 Å². The van der Waals surface area contributed by atoms with Gasteiger partial charge in [0.25, 0.3) is 5.56 Å². The zero-order chi connectivity index (χ0) is 28.3. The van der Waals surface area contributed by atoms with Gasteiger partial charge in [0.15, 0.2) is 4.90 Å². The van der Waals surface area contributed by atoms with E-state index in [-0.39, 0.29) is 23.4 Å². The highest BCUT2D eigenvalue weighted by Crippen LogP contribution is 2.34. The van der Waals surface area contributed by atoms with Gasteiger partial charge in [-0.05, 0) is 62.6 Å². The molecule has 4 rings (SSSR count). The van der Waals surface area contributed by atoms with Crippen LogP contribution in [-0.4, -0.2) is 34.2 Å². The first-order chi connectivity index (χ1) is 18.5. The molecule has 4 aromatic rings. The van der Waals surface area contributed by atoms with Gasteiger partial charge in [0, 0.05) is 11.3 Å². The molecule has 1 N–H and O–H groups in total. The number of aryl methyl sites for hydroxylation is 1. The third-order valence-corrected chi connectivity index (χ3v) is 8.15. The van der Waals surface area contributed by atoms with E-state index < -0.39 is 38.2 Å². The van der Waals surface area contributed by atoms with Gasteiger partial charge < -0.3 is 9.84 Å². The average molecular weight is 552 g/mol. The smallest absolute Gasteiger partial charge is 0.296 e. The molecule has 2 aromatic heterocycles. The maximum atomic E-state index is 13.7. The first kappa shape index (κ1) is 28.1. The highest BCUT2D eigenvalue weighted by atomic mass is 32.2. The molecule has 8 nitrogen and oxygen atoms in total. The molecular formula is C29H30FN3O5S. The normalized spacial score (nSPS) is 12.6. The van der Waals surface area contributed by atoms with Crippen molar-refractivity contribution < 1.29 is 22.7 Å². The van der Waals surface area contributed by atoms with Crippen molar-refractivity contribution in [1.29, 1.82) is 0 Å². The Labute approximate surface area is 226 Å². The number of halogens is 1. The molecule has 0 saturated heterocycles. The molecule has 0 spiro atoms. The van der Waals surface area contributed by atoms with Crippen LogP contribution in [0.15, 0.2) is 81.3 Å². The molecule has 39 heavy (non-hydrogen) atoms. The maximum absolute atomic E-state index is 13.7. The molecule has 0 amide bonds. The first-order valence-electron chi connectivity index (χ1n) is 12.5. The number of aromatic nitrogens is 3. The van der Waals surface area contributed by atoms with Crippen molar-refractivity contribution in [2.75, 3.05) is 0 Å². The fourth-order valence-electron chi connectivity index (χ4n) is 4.46. The number of benzene rings is 2. The monoisotopic (exact) mass is 551 g/mol. The van der Waals surface area contributed by atoms with Crippen molar-refractivity contribution in [3.63, 3.8) is 0 Å². The predicted molar refractivity (Wildman–Crippen MR) is 145 cm³/mol. The average Bonchev–Trinajstić information content (AvgIpc) is 2.89. The van der Waals surface area contributed by atoms with Crippen molar-refractivity contribution in [1.82, 2.24) is 14.5 Å². The Hall–Kier alpha value is -3.89. The van der Waals surface area contributed by atoms with Crippen molar-refractivity contribution in [3.05, 3.63) is 100 Å². The van der Waals surface area contributed by atoms with Crippen molar-refractivity contribution in [2.24, 2.45) is 0 Å². The maximum Gasteiger partial charge on any atom is 0.296 e. The van der Waals surface area contributed by atoms with E-state index in [4.69, 9.17) is 4.74 Å². The fourth-order valence-corrected chi connectivity index (χ4v) is 5.81. The SMILES string of the molecule is CC[C@@H](c1ccccc1)n1c(COC(C)C)nc(=O)c(S(=O)(=O)c2ccc(-c3ccc(F)nc3C)cc2)c1O. The van der Waals surface area contributed by atoms with Crippen LogP contribution in [0.25, 0.3) is 11.1 Å². The Morgan fingerprint density at radius 3 is 2.26 bits per heavy atom. The minimum absolute atomic E-state index is 0.0934. The van der Waals surface area contributed by atoms with Crippen molar-refractivity contribution in [3.8, 4) is 17.0 Å². The summed E-state index contributed by atoms with van der Waals surface area (Å²) in [5.41, 5.74) is 1.44. The number of aromatic hydroxyl groups is 1. The van der Waals surface area contributed by atoms with E-state index in [0.717, 1.165) is 5.56 Å². The summed E-state index contributed by atoms with van der Waals surface area (Å²) >= 11 is 0. The molecule has 10 heteroatoms. The summed E-state index contributed by atoms with van der Waals surface area (Å²) in [6.07, 6.45) is 0.298. The van der Waals surface area contributed by atoms with Crippen LogP contribution in [-0.2, 0) is 21.2 Å². The van der Waals surface area contributed by atoms with Crippen LogP contribution in [0, 0.1) is 12.9 Å². The largest absolute Gasteiger partial charge is 0.493 e. The second-order valence-electron chi connectivity index (χ2n) is 9.35. The van der Waals surface area contributed by atoms with Gasteiger partial charge in [0.1, 0.15) is 12.4 Å². The minimum atomic E-state index is -4.47. The molecule has 0 fully saturated rings. The number of rotatable bonds is 9. The van der Waals surface area contributed by atoms with E-state index >= 15 is 0 Å². The van der Waals surface area contributed by atoms with Gasteiger partial charge in [-0.3, -0.25) is 9.36 Å². The Morgan fingerprint density at radius 2 is 1.67 bits per heavy atom. The molecule has 0 saturated carbocycles. The highest BCUT2D eigenvalue weighted by molar-refractivity contribution is 7.91. The highest BCUT2D eigenvalue weighted by Gasteiger charge is 2.32. The quantitative estimate of drug-likeness (QED) is 0.284. The van der Waals surface area contributed by atoms with Gasteiger partial charge in [-0.25, -0.2) is 13.4 Å². The molecule has 0 aliphatic rings. The summed E-state index contributed by atoms with van der Waals surface area (Å²) in [4.78, 5) is 20.0. The van der Waals surface area contributed by atoms with Gasteiger partial charge in [0.05, 0.1) is 17.0 Å². The third-order valence-electron chi connectivity index (χ3n) is 6.36. The molecule has 0 bridgehead atoms. The summed E-state index contributed by atoms with van der Waals surface area (Å²) in [7, 11) is -4.47. The fraction of sp³-hybridized carbons (Fsp3) is 0.276. The van der Waals surface area contributed by atoms with Crippen LogP contribution in [0.1, 0.15) is 50.3 Å². The van der Waals surface area contributed by atoms with E-state index in [2.05, 4.69) is 9.97 Å². The number of sulfone groups is 1. The molecule has 2 aromatic carbocycles. The molecule has 0 aliphatic carbocycles. The van der Waals surface area contributed by atoms with Crippen LogP contribution in [0.5, 0.6) is 5.88 Å². The topological polar surface area (TPSA) is 111 Å². The van der Waals surface area contributed by atoms with Gasteiger partial charge >= 0.3 is 0 Å². The Morgan fingerprint density at radius 1 is 1.00 bits per heavy atom. The number of pyridine rings is 1. The number of hydrogen-bond acceptors (Lipinski definition) is 7. The van der Waals surface area contributed by atoms with Crippen LogP contribution >= 0.6 is 0 Å². The van der Waals surface area contributed by atoms with Crippen molar-refractivity contribution in [2.45, 2.75) is 62.7 Å². The van der Waals surface area contributed by atoms with Gasteiger partial charge in [-0.2, -0.15) is 9.37 Å². The van der Waals surface area contributed by atoms with E-state index in [9.17, 15) is 22.7 Å². The van der Waals surface area contributed by atoms with Gasteiger partial charge in [-0.15, -0.1) is 0 Å². The zero-order valence-electron chi connectivity index (χ0n) is 22.1. The predicted octanol–water partition coefficient (Wildman–Crippen LogP) is 5.22. The summed E-state index contributed by atoms with van der Waals surface area (Å²) < 4.78 is 47.9.